The summed E-state index contributed by atoms with van der Waals surface area (Å²) in [6.45, 7) is 0. The Labute approximate surface area is 336 Å². The number of benzene rings is 8. The van der Waals surface area contributed by atoms with Crippen LogP contribution in [0.4, 0.5) is 0 Å². The van der Waals surface area contributed by atoms with E-state index in [4.69, 9.17) is 0 Å². The van der Waals surface area contributed by atoms with Crippen molar-refractivity contribution in [3.05, 3.63) is 145 Å². The third-order valence-corrected chi connectivity index (χ3v) is 13.5. The van der Waals surface area contributed by atoms with Crippen molar-refractivity contribution in [1.29, 1.82) is 0 Å². The molecule has 4 N–H and O–H groups in total. The highest BCUT2D eigenvalue weighted by atomic mass is 33.1. The first-order valence-electron chi connectivity index (χ1n) is 19.6. The van der Waals surface area contributed by atoms with Gasteiger partial charge in [-0.05, 0) is 117 Å². The zero-order chi connectivity index (χ0) is 38.4. The molecule has 0 aliphatic rings. The molecule has 0 radical (unpaired) electrons. The highest BCUT2D eigenvalue weighted by Gasteiger charge is 2.18. The highest BCUT2D eigenvalue weighted by Crippen LogP contribution is 2.46. The van der Waals surface area contributed by atoms with Gasteiger partial charge in [0.2, 0.25) is 0 Å². The minimum atomic E-state index is 0.170. The number of phenols is 4. The topological polar surface area (TPSA) is 80.9 Å². The monoisotopic (exact) mass is 774 g/mol. The van der Waals surface area contributed by atoms with Crippen LogP contribution in [-0.2, 0) is 12.8 Å². The maximum absolute atomic E-state index is 10.9. The predicted octanol–water partition coefficient (Wildman–Crippen LogP) is 14.0. The van der Waals surface area contributed by atoms with E-state index in [1.807, 2.05) is 94.4 Å². The Bertz CT molecular complexity index is 2480. The number of phenolic OH excluding ortho intramolecular Hbond substituents is 4. The lowest BCUT2D eigenvalue weighted by molar-refractivity contribution is 0.470. The number of aromatic hydroxyl groups is 4. The van der Waals surface area contributed by atoms with Crippen molar-refractivity contribution in [1.82, 2.24) is 0 Å². The van der Waals surface area contributed by atoms with Gasteiger partial charge in [-0.3, -0.25) is 0 Å². The van der Waals surface area contributed by atoms with Crippen LogP contribution in [0.25, 0.3) is 65.3 Å². The molecule has 6 heteroatoms. The smallest absolute Gasteiger partial charge is 0.124 e. The molecule has 0 unspecified atom stereocenters. The van der Waals surface area contributed by atoms with Crippen LogP contribution >= 0.6 is 21.6 Å². The molecule has 0 saturated heterocycles. The second kappa shape index (κ2) is 17.2. The van der Waals surface area contributed by atoms with Crippen LogP contribution in [0.1, 0.15) is 49.7 Å². The Morgan fingerprint density at radius 3 is 1.09 bits per heavy atom. The van der Waals surface area contributed by atoms with Gasteiger partial charge in [-0.25, -0.2) is 0 Å². The van der Waals surface area contributed by atoms with Gasteiger partial charge >= 0.3 is 0 Å². The number of hydrogen-bond acceptors (Lipinski definition) is 6. The minimum absolute atomic E-state index is 0.170. The number of fused-ring (bicyclic) bond motifs is 4. The van der Waals surface area contributed by atoms with Crippen LogP contribution in [0.15, 0.2) is 133 Å². The van der Waals surface area contributed by atoms with E-state index in [0.29, 0.717) is 22.3 Å². The number of aryl methyl sites for hydroxylation is 2. The quantitative estimate of drug-likeness (QED) is 0.0613. The van der Waals surface area contributed by atoms with Gasteiger partial charge in [0.15, 0.2) is 0 Å². The molecule has 56 heavy (non-hydrogen) atoms. The van der Waals surface area contributed by atoms with Crippen molar-refractivity contribution in [2.24, 2.45) is 0 Å². The molecule has 0 spiro atoms. The summed E-state index contributed by atoms with van der Waals surface area (Å²) in [5, 5.41) is 51.6. The summed E-state index contributed by atoms with van der Waals surface area (Å²) in [5.74, 6) is 3.03. The average Bonchev–Trinajstić information content (AvgIpc) is 3.22. The van der Waals surface area contributed by atoms with E-state index >= 15 is 0 Å². The summed E-state index contributed by atoms with van der Waals surface area (Å²) in [5.41, 5.74) is 5.31. The first kappa shape index (κ1) is 37.6. The molecule has 0 bridgehead atoms. The van der Waals surface area contributed by atoms with Crippen molar-refractivity contribution in [3.8, 4) is 45.3 Å². The molecule has 8 rings (SSSR count). The first-order valence-corrected chi connectivity index (χ1v) is 22.1. The summed E-state index contributed by atoms with van der Waals surface area (Å²) in [6.07, 6.45) is 9.18. The summed E-state index contributed by atoms with van der Waals surface area (Å²) < 4.78 is 0. The molecule has 8 aromatic carbocycles. The van der Waals surface area contributed by atoms with E-state index < -0.39 is 0 Å². The number of rotatable bonds is 15. The minimum Gasteiger partial charge on any atom is -0.507 e. The van der Waals surface area contributed by atoms with Gasteiger partial charge in [0, 0.05) is 33.8 Å². The van der Waals surface area contributed by atoms with Gasteiger partial charge in [-0.1, -0.05) is 144 Å². The van der Waals surface area contributed by atoms with Gasteiger partial charge in [0.25, 0.3) is 0 Å². The van der Waals surface area contributed by atoms with E-state index in [2.05, 4.69) is 36.4 Å². The molecule has 0 aliphatic carbocycles. The lowest BCUT2D eigenvalue weighted by Gasteiger charge is -2.15. The Morgan fingerprint density at radius 1 is 0.321 bits per heavy atom. The fourth-order valence-corrected chi connectivity index (χ4v) is 10.4. The average molecular weight is 775 g/mol. The Hall–Kier alpha value is -5.30. The van der Waals surface area contributed by atoms with E-state index in [-0.39, 0.29) is 23.0 Å². The molecule has 0 heterocycles. The molecular weight excluding hydrogens is 729 g/mol. The fourth-order valence-electron chi connectivity index (χ4n) is 8.07. The number of unbranched alkanes of at least 4 members (excludes halogenated alkanes) is 4. The largest absolute Gasteiger partial charge is 0.507 e. The van der Waals surface area contributed by atoms with E-state index in [9.17, 15) is 20.4 Å². The molecule has 4 nitrogen and oxygen atoms in total. The Balaban J connectivity index is 0.760. The van der Waals surface area contributed by atoms with E-state index in [1.54, 1.807) is 24.3 Å². The first-order chi connectivity index (χ1) is 27.5. The summed E-state index contributed by atoms with van der Waals surface area (Å²) in [6, 6.07) is 43.6. The van der Waals surface area contributed by atoms with Crippen LogP contribution in [0.5, 0.6) is 23.0 Å². The molecule has 0 aromatic heterocycles. The molecule has 0 atom stereocenters. The van der Waals surface area contributed by atoms with Crippen LogP contribution in [0, 0.1) is 0 Å². The van der Waals surface area contributed by atoms with Gasteiger partial charge in [-0.15, -0.1) is 0 Å². The molecule has 0 amide bonds. The third kappa shape index (κ3) is 8.00. The molecule has 0 fully saturated rings. The third-order valence-electron chi connectivity index (χ3n) is 10.9. The fraction of sp³-hybridized carbons (Fsp3) is 0.200. The summed E-state index contributed by atoms with van der Waals surface area (Å²) >= 11 is 0. The van der Waals surface area contributed by atoms with E-state index in [1.165, 1.54) is 48.3 Å². The van der Waals surface area contributed by atoms with Crippen LogP contribution in [0.2, 0.25) is 0 Å². The van der Waals surface area contributed by atoms with Crippen molar-refractivity contribution in [3.63, 3.8) is 0 Å². The van der Waals surface area contributed by atoms with Crippen LogP contribution in [0.3, 0.4) is 0 Å². The molecular formula is C50H46O4S2. The van der Waals surface area contributed by atoms with Gasteiger partial charge in [0.05, 0.1) is 0 Å². The lowest BCUT2D eigenvalue weighted by Crippen LogP contribution is -1.90. The van der Waals surface area contributed by atoms with Crippen LogP contribution < -0.4 is 0 Å². The SMILES string of the molecule is Oc1ccc2ccccc2c1-c1c(O)ccc2cc(CCCCCSSCCCCCc3ccc4c(-c5c(O)ccc6ccccc56)c(O)ccc4c3)ccc12. The van der Waals surface area contributed by atoms with Gasteiger partial charge in [0.1, 0.15) is 23.0 Å². The zero-order valence-corrected chi connectivity index (χ0v) is 33.0. The molecule has 282 valence electrons. The normalized spacial score (nSPS) is 11.6. The highest BCUT2D eigenvalue weighted by molar-refractivity contribution is 8.76. The van der Waals surface area contributed by atoms with Crippen molar-refractivity contribution >= 4 is 64.7 Å². The van der Waals surface area contributed by atoms with Crippen LogP contribution in [-0.4, -0.2) is 31.9 Å². The van der Waals surface area contributed by atoms with Gasteiger partial charge in [-0.2, -0.15) is 0 Å². The van der Waals surface area contributed by atoms with Crippen molar-refractivity contribution in [2.45, 2.75) is 51.4 Å². The predicted molar refractivity (Wildman–Crippen MR) is 240 cm³/mol. The van der Waals surface area contributed by atoms with Crippen molar-refractivity contribution in [2.75, 3.05) is 11.5 Å². The summed E-state index contributed by atoms with van der Waals surface area (Å²) in [4.78, 5) is 0. The Morgan fingerprint density at radius 2 is 0.679 bits per heavy atom. The second-order valence-corrected chi connectivity index (χ2v) is 17.4. The standard InChI is InChI=1S/C50H46O4S2/c51-43-25-19-35-13-5-7-15-39(35)47(43)49-41-23-17-33(31-37(41)21-27-45(49)53)11-3-1-9-29-55-56-30-10-2-4-12-34-18-24-42-38(32-34)22-28-46(54)50(42)48-40-16-8-6-14-36(40)20-26-44(48)52/h5-8,13-28,31-32,51-54H,1-4,9-12,29-30H2. The maximum atomic E-state index is 10.9. The van der Waals surface area contributed by atoms with Crippen molar-refractivity contribution < 1.29 is 20.4 Å². The zero-order valence-electron chi connectivity index (χ0n) is 31.4. The Kier molecular flexibility index (Phi) is 11.6. The molecule has 8 aromatic rings. The maximum Gasteiger partial charge on any atom is 0.124 e. The second-order valence-electron chi connectivity index (χ2n) is 14.7. The lowest BCUT2D eigenvalue weighted by atomic mass is 9.91. The molecule has 0 aliphatic heterocycles. The molecule has 0 saturated carbocycles. The van der Waals surface area contributed by atoms with E-state index in [0.717, 1.165) is 68.8 Å². The van der Waals surface area contributed by atoms with Gasteiger partial charge < -0.3 is 20.4 Å². The summed E-state index contributed by atoms with van der Waals surface area (Å²) in [7, 11) is 3.99. The number of hydrogen-bond donors (Lipinski definition) is 4.